The Labute approximate surface area is 314 Å². The fraction of sp³-hybridized carbons (Fsp3) is 0.0625. The third-order valence-electron chi connectivity index (χ3n) is 13.4. The number of rotatable bonds is 1. The minimum Gasteiger partial charge on any atom is -0.277 e. The molecule has 2 aliphatic rings. The van der Waals surface area contributed by atoms with Crippen molar-refractivity contribution >= 4 is 161 Å². The van der Waals surface area contributed by atoms with E-state index in [1.54, 1.807) is 0 Å². The van der Waals surface area contributed by atoms with Crippen LogP contribution in [0.4, 0.5) is 0 Å². The minimum atomic E-state index is 0.0653. The van der Waals surface area contributed by atoms with Crippen LogP contribution in [0.1, 0.15) is 22.3 Å². The predicted molar refractivity (Wildman–Crippen MR) is 228 cm³/mol. The molecule has 4 nitrogen and oxygen atoms in total. The molecule has 3 heterocycles. The molecule has 54 heavy (non-hydrogen) atoms. The predicted octanol–water partition coefficient (Wildman–Crippen LogP) is 11.5. The molecule has 0 fully saturated rings. The van der Waals surface area contributed by atoms with E-state index < -0.39 is 0 Å². The molecule has 0 spiro atoms. The highest BCUT2D eigenvalue weighted by atomic mass is 35.5. The number of nitrogens with zero attached hydrogens (tertiary/aromatic N) is 4. The van der Waals surface area contributed by atoms with Crippen LogP contribution in [0, 0.1) is 6.92 Å². The highest BCUT2D eigenvalue weighted by Crippen LogP contribution is 2.59. The minimum absolute atomic E-state index is 0.0653. The van der Waals surface area contributed by atoms with Gasteiger partial charge in [-0.15, -0.1) is 0 Å². The standard InChI is InChI=1S/C48H22Cl2N4/c1-18-13-22-17-23-14-19(2)26-11-12-30-29-8-4-6-21-16-24-15-20-5-3-7-27-28-10-9-25(18)36-33(22)41-34(23)38(26)45(54(30)48-52-46(49)51-47(50)53-48)44-40(32(21)29)35(24)39(31(20)27)42(37(28)36)43(41)44/h3-6,8-9,11-17H,1,7,10H2,2H3. The lowest BCUT2D eigenvalue weighted by atomic mass is 9.72. The summed E-state index contributed by atoms with van der Waals surface area (Å²) in [6.45, 7) is 6.92. The van der Waals surface area contributed by atoms with Crippen molar-refractivity contribution in [3.05, 3.63) is 110 Å². The van der Waals surface area contributed by atoms with E-state index in [0.29, 0.717) is 5.95 Å². The van der Waals surface area contributed by atoms with E-state index in [1.165, 1.54) is 130 Å². The highest BCUT2D eigenvalue weighted by molar-refractivity contribution is 6.56. The number of fused-ring (bicyclic) bond motifs is 3. The van der Waals surface area contributed by atoms with Crippen molar-refractivity contribution in [3.8, 4) is 5.95 Å². The van der Waals surface area contributed by atoms with Crippen molar-refractivity contribution in [3.63, 3.8) is 0 Å². The number of hydrogen-bond donors (Lipinski definition) is 0. The largest absolute Gasteiger partial charge is 0.277 e. The Morgan fingerprint density at radius 2 is 1.30 bits per heavy atom. The number of hydrogen-bond acceptors (Lipinski definition) is 3. The summed E-state index contributed by atoms with van der Waals surface area (Å²) >= 11 is 13.3. The molecule has 0 saturated carbocycles. The maximum absolute atomic E-state index is 6.65. The molecule has 0 saturated heterocycles. The Balaban J connectivity index is 1.47. The summed E-state index contributed by atoms with van der Waals surface area (Å²) in [5.41, 5.74) is 7.53. The first kappa shape index (κ1) is 27.5. The van der Waals surface area contributed by atoms with Gasteiger partial charge in [-0.2, -0.15) is 15.0 Å². The van der Waals surface area contributed by atoms with Crippen LogP contribution in [-0.4, -0.2) is 19.5 Å². The smallest absolute Gasteiger partial charge is 0.240 e. The van der Waals surface area contributed by atoms with Gasteiger partial charge in [-0.05, 0) is 176 Å². The molecule has 0 radical (unpaired) electrons. The topological polar surface area (TPSA) is 43.6 Å². The van der Waals surface area contributed by atoms with Gasteiger partial charge in [0.1, 0.15) is 0 Å². The van der Waals surface area contributed by atoms with Crippen LogP contribution in [0.5, 0.6) is 0 Å². The zero-order valence-electron chi connectivity index (χ0n) is 28.7. The summed E-state index contributed by atoms with van der Waals surface area (Å²) in [6, 6.07) is 23.3. The number of aromatic nitrogens is 4. The molecule has 0 unspecified atom stereocenters. The third-order valence-corrected chi connectivity index (χ3v) is 13.8. The van der Waals surface area contributed by atoms with Crippen LogP contribution in [0.25, 0.3) is 143 Å². The van der Waals surface area contributed by atoms with Gasteiger partial charge in [0.15, 0.2) is 0 Å². The van der Waals surface area contributed by atoms with Crippen LogP contribution >= 0.6 is 23.2 Å². The average Bonchev–Trinajstić information content (AvgIpc) is 3.42. The molecule has 0 N–H and O–H groups in total. The second-order valence-electron chi connectivity index (χ2n) is 15.8. The van der Waals surface area contributed by atoms with E-state index in [4.69, 9.17) is 33.2 Å². The van der Waals surface area contributed by atoms with Crippen molar-refractivity contribution < 1.29 is 0 Å². The number of aryl methyl sites for hydroxylation is 1. The van der Waals surface area contributed by atoms with Crippen LogP contribution in [-0.2, 0) is 12.8 Å². The maximum Gasteiger partial charge on any atom is 0.240 e. The van der Waals surface area contributed by atoms with Crippen molar-refractivity contribution in [2.24, 2.45) is 0 Å². The summed E-state index contributed by atoms with van der Waals surface area (Å²) in [7, 11) is 0. The fourth-order valence-corrected chi connectivity index (χ4v) is 12.1. The van der Waals surface area contributed by atoms with Crippen LogP contribution in [0.3, 0.4) is 0 Å². The highest BCUT2D eigenvalue weighted by Gasteiger charge is 2.34. The van der Waals surface area contributed by atoms with Crippen molar-refractivity contribution in [1.29, 1.82) is 0 Å². The summed E-state index contributed by atoms with van der Waals surface area (Å²) in [4.78, 5) is 13.9. The van der Waals surface area contributed by atoms with Crippen molar-refractivity contribution in [2.45, 2.75) is 19.8 Å². The van der Waals surface area contributed by atoms with Gasteiger partial charge < -0.3 is 0 Å². The quantitative estimate of drug-likeness (QED) is 0.125. The summed E-state index contributed by atoms with van der Waals surface area (Å²) in [5, 5.41) is 28.3. The Hall–Kier alpha value is -6.07. The van der Waals surface area contributed by atoms with Crippen molar-refractivity contribution in [2.75, 3.05) is 0 Å². The third kappa shape index (κ3) is 2.74. The van der Waals surface area contributed by atoms with Gasteiger partial charge in [0, 0.05) is 37.7 Å². The van der Waals surface area contributed by atoms with Gasteiger partial charge in [-0.1, -0.05) is 55.1 Å². The van der Waals surface area contributed by atoms with Gasteiger partial charge in [0.05, 0.1) is 11.0 Å². The average molecular weight is 726 g/mol. The van der Waals surface area contributed by atoms with Crippen LogP contribution in [0.15, 0.2) is 66.7 Å². The molecule has 6 heteroatoms. The Bertz CT molecular complexity index is 4100. The first-order valence-corrected chi connectivity index (χ1v) is 19.2. The molecule has 0 atom stereocenters. The second-order valence-corrected chi connectivity index (χ2v) is 16.4. The number of halogens is 2. The molecule has 15 rings (SSSR count). The zero-order valence-corrected chi connectivity index (χ0v) is 30.2. The van der Waals surface area contributed by atoms with Crippen LogP contribution in [0.2, 0.25) is 10.6 Å². The zero-order chi connectivity index (χ0) is 35.2. The normalized spacial score (nSPS) is 14.6. The van der Waals surface area contributed by atoms with Crippen molar-refractivity contribution in [1.82, 2.24) is 19.5 Å². The summed E-state index contributed by atoms with van der Waals surface area (Å²) in [6.07, 6.45) is 9.01. The van der Waals surface area contributed by atoms with E-state index in [9.17, 15) is 0 Å². The van der Waals surface area contributed by atoms with Crippen LogP contribution < -0.4 is 10.4 Å². The Kier molecular flexibility index (Phi) is 4.33. The van der Waals surface area contributed by atoms with E-state index in [0.717, 1.165) is 34.5 Å². The molecule has 3 aromatic heterocycles. The molecule has 10 aromatic carbocycles. The van der Waals surface area contributed by atoms with Gasteiger partial charge in [0.25, 0.3) is 0 Å². The molecule has 13 aromatic rings. The fourth-order valence-electron chi connectivity index (χ4n) is 11.8. The van der Waals surface area contributed by atoms with E-state index in [2.05, 4.69) is 102 Å². The Morgan fingerprint density at radius 1 is 0.593 bits per heavy atom. The lowest BCUT2D eigenvalue weighted by Gasteiger charge is -2.30. The second kappa shape index (κ2) is 8.50. The van der Waals surface area contributed by atoms with E-state index in [1.807, 2.05) is 0 Å². The van der Waals surface area contributed by atoms with Gasteiger partial charge >= 0.3 is 0 Å². The lowest BCUT2D eigenvalue weighted by molar-refractivity contribution is 0.941. The molecule has 0 amide bonds. The number of benzene rings is 10. The van der Waals surface area contributed by atoms with Gasteiger partial charge in [0.2, 0.25) is 16.5 Å². The first-order chi connectivity index (χ1) is 26.4. The van der Waals surface area contributed by atoms with Gasteiger partial charge in [-0.3, -0.25) is 4.57 Å². The summed E-state index contributed by atoms with van der Waals surface area (Å²) in [5.74, 6) is 0.411. The number of allylic oxidation sites excluding steroid dienone is 1. The lowest BCUT2D eigenvalue weighted by Crippen LogP contribution is -2.27. The molecule has 248 valence electrons. The summed E-state index contributed by atoms with van der Waals surface area (Å²) < 4.78 is 2.24. The molecule has 2 bridgehead atoms. The molecular weight excluding hydrogens is 703 g/mol. The molecule has 2 aliphatic carbocycles. The van der Waals surface area contributed by atoms with E-state index >= 15 is 0 Å². The molecule has 0 aliphatic heterocycles. The monoisotopic (exact) mass is 724 g/mol. The SMILES string of the molecule is C=c1cc2cc3cc(C)c4ccc5c6cccc7cc8cc9c%10c(c%11c%12c(c1=CC%11)c2c1c3c4c(c2c(c76)c8c%10c%12c12)n5-c1nc(Cl)nc(Cl)n1)CC=C9. The molecular formula is C48H22Cl2N4. The van der Waals surface area contributed by atoms with Gasteiger partial charge in [-0.25, -0.2) is 0 Å². The Morgan fingerprint density at radius 3 is 2.19 bits per heavy atom. The first-order valence-electron chi connectivity index (χ1n) is 18.5. The van der Waals surface area contributed by atoms with E-state index in [-0.39, 0.29) is 10.6 Å². The maximum atomic E-state index is 6.65.